The van der Waals surface area contributed by atoms with Gasteiger partial charge < -0.3 is 14.6 Å². The van der Waals surface area contributed by atoms with Gasteiger partial charge in [0.2, 0.25) is 5.91 Å². The van der Waals surface area contributed by atoms with Crippen molar-refractivity contribution in [2.24, 2.45) is 5.92 Å². The van der Waals surface area contributed by atoms with Crippen molar-refractivity contribution >= 4 is 23.4 Å². The summed E-state index contributed by atoms with van der Waals surface area (Å²) in [6.07, 6.45) is 1.87. The van der Waals surface area contributed by atoms with Gasteiger partial charge in [0.25, 0.3) is 0 Å². The van der Waals surface area contributed by atoms with Gasteiger partial charge in [-0.25, -0.2) is 0 Å². The first-order valence-electron chi connectivity index (χ1n) is 11.1. The van der Waals surface area contributed by atoms with E-state index in [1.807, 2.05) is 36.4 Å². The topological polar surface area (TPSA) is 69.0 Å². The van der Waals surface area contributed by atoms with Crippen LogP contribution >= 0.6 is 11.8 Å². The second kappa shape index (κ2) is 11.7. The van der Waals surface area contributed by atoms with Crippen molar-refractivity contribution in [3.8, 4) is 5.75 Å². The Labute approximate surface area is 194 Å². The van der Waals surface area contributed by atoms with E-state index in [-0.39, 0.29) is 11.7 Å². The highest BCUT2D eigenvalue weighted by molar-refractivity contribution is 7.99. The van der Waals surface area contributed by atoms with Crippen molar-refractivity contribution in [2.45, 2.75) is 58.8 Å². The molecule has 1 N–H and O–H groups in total. The smallest absolute Gasteiger partial charge is 0.234 e. The largest absolute Gasteiger partial charge is 0.486 e. The van der Waals surface area contributed by atoms with E-state index < -0.39 is 0 Å². The van der Waals surface area contributed by atoms with Gasteiger partial charge in [-0.2, -0.15) is 0 Å². The van der Waals surface area contributed by atoms with Gasteiger partial charge in [-0.3, -0.25) is 4.79 Å². The zero-order valence-electron chi connectivity index (χ0n) is 19.3. The summed E-state index contributed by atoms with van der Waals surface area (Å²) >= 11 is 1.40. The predicted molar refractivity (Wildman–Crippen MR) is 130 cm³/mol. The van der Waals surface area contributed by atoms with E-state index in [0.29, 0.717) is 12.5 Å². The molecular weight excluding hydrogens is 420 g/mol. The van der Waals surface area contributed by atoms with Gasteiger partial charge in [0.15, 0.2) is 11.0 Å². The average molecular weight is 453 g/mol. The third-order valence-corrected chi connectivity index (χ3v) is 6.01. The van der Waals surface area contributed by atoms with E-state index in [2.05, 4.69) is 59.9 Å². The molecule has 0 saturated carbocycles. The van der Waals surface area contributed by atoms with Crippen molar-refractivity contribution in [1.29, 1.82) is 0 Å². The highest BCUT2D eigenvalue weighted by atomic mass is 32.2. The number of nitrogens with one attached hydrogen (secondary N) is 1. The van der Waals surface area contributed by atoms with Crippen LogP contribution < -0.4 is 10.1 Å². The Morgan fingerprint density at radius 2 is 1.81 bits per heavy atom. The fourth-order valence-corrected chi connectivity index (χ4v) is 4.08. The van der Waals surface area contributed by atoms with Crippen LogP contribution in [0, 0.1) is 5.92 Å². The lowest BCUT2D eigenvalue weighted by atomic mass is 10.1. The number of carbonyl (C=O) groups excluding carboxylic acids is 1. The van der Waals surface area contributed by atoms with Crippen LogP contribution in [0.15, 0.2) is 53.7 Å². The van der Waals surface area contributed by atoms with Crippen LogP contribution in [0.5, 0.6) is 5.75 Å². The van der Waals surface area contributed by atoms with Crippen molar-refractivity contribution in [1.82, 2.24) is 14.8 Å². The third kappa shape index (κ3) is 6.60. The fourth-order valence-electron chi connectivity index (χ4n) is 3.32. The minimum absolute atomic E-state index is 0.0520. The summed E-state index contributed by atoms with van der Waals surface area (Å²) in [7, 11) is 0. The first-order valence-corrected chi connectivity index (χ1v) is 12.1. The number of anilines is 1. The zero-order chi connectivity index (χ0) is 22.9. The maximum absolute atomic E-state index is 12.5. The molecule has 1 amide bonds. The molecular formula is C25H32N4O2S. The van der Waals surface area contributed by atoms with Crippen LogP contribution in [0.25, 0.3) is 0 Å². The first-order chi connectivity index (χ1) is 15.5. The Balaban J connectivity index is 1.64. The van der Waals surface area contributed by atoms with E-state index in [4.69, 9.17) is 4.74 Å². The quantitative estimate of drug-likeness (QED) is 0.396. The van der Waals surface area contributed by atoms with Gasteiger partial charge in [-0.15, -0.1) is 10.2 Å². The number of carbonyl (C=O) groups is 1. The molecule has 0 aliphatic heterocycles. The van der Waals surface area contributed by atoms with E-state index in [0.717, 1.165) is 47.4 Å². The summed E-state index contributed by atoms with van der Waals surface area (Å²) in [4.78, 5) is 12.5. The van der Waals surface area contributed by atoms with Crippen LogP contribution in [-0.2, 0) is 30.8 Å². The minimum Gasteiger partial charge on any atom is -0.486 e. The number of para-hydroxylation sites is 1. The molecule has 1 aromatic heterocycles. The number of ether oxygens (including phenoxy) is 1. The minimum atomic E-state index is -0.0520. The van der Waals surface area contributed by atoms with Gasteiger partial charge >= 0.3 is 0 Å². The molecule has 3 aromatic rings. The Bertz CT molecular complexity index is 1020. The number of aromatic nitrogens is 3. The van der Waals surface area contributed by atoms with Crippen molar-refractivity contribution in [3.05, 3.63) is 65.5 Å². The number of nitrogens with zero attached hydrogens (tertiary/aromatic N) is 3. The van der Waals surface area contributed by atoms with Crippen LogP contribution in [0.3, 0.4) is 0 Å². The first kappa shape index (κ1) is 23.9. The standard InChI is InChI=1S/C25H32N4O2S/c1-5-19-11-13-21(14-12-19)31-16-23-27-28-25(29(23)15-18(3)4)32-17-24(30)26-22-10-8-7-9-20(22)6-2/h7-14,18H,5-6,15-17H2,1-4H3,(H,26,30). The molecule has 32 heavy (non-hydrogen) atoms. The Morgan fingerprint density at radius 3 is 2.50 bits per heavy atom. The van der Waals surface area contributed by atoms with E-state index >= 15 is 0 Å². The lowest BCUT2D eigenvalue weighted by molar-refractivity contribution is -0.113. The summed E-state index contributed by atoms with van der Waals surface area (Å²) in [5, 5.41) is 12.4. The highest BCUT2D eigenvalue weighted by Gasteiger charge is 2.16. The fraction of sp³-hybridized carbons (Fsp3) is 0.400. The molecule has 0 radical (unpaired) electrons. The molecule has 2 aromatic carbocycles. The summed E-state index contributed by atoms with van der Waals surface area (Å²) in [5.74, 6) is 2.21. The molecule has 7 heteroatoms. The number of benzene rings is 2. The summed E-state index contributed by atoms with van der Waals surface area (Å²) in [6, 6.07) is 16.0. The third-order valence-electron chi connectivity index (χ3n) is 5.05. The molecule has 1 heterocycles. The van der Waals surface area contributed by atoms with Crippen LogP contribution in [0.4, 0.5) is 5.69 Å². The summed E-state index contributed by atoms with van der Waals surface area (Å²) < 4.78 is 8.00. The molecule has 0 aliphatic carbocycles. The van der Waals surface area contributed by atoms with Crippen LogP contribution in [-0.4, -0.2) is 26.4 Å². The molecule has 3 rings (SSSR count). The van der Waals surface area contributed by atoms with Gasteiger partial charge in [0.1, 0.15) is 12.4 Å². The number of aryl methyl sites for hydroxylation is 2. The lowest BCUT2D eigenvalue weighted by Gasteiger charge is -2.13. The maximum Gasteiger partial charge on any atom is 0.234 e. The summed E-state index contributed by atoms with van der Waals surface area (Å²) in [6.45, 7) is 9.61. The van der Waals surface area contributed by atoms with Crippen molar-refractivity contribution in [2.75, 3.05) is 11.1 Å². The highest BCUT2D eigenvalue weighted by Crippen LogP contribution is 2.22. The molecule has 6 nitrogen and oxygen atoms in total. The van der Waals surface area contributed by atoms with Crippen molar-refractivity contribution < 1.29 is 9.53 Å². The molecule has 0 atom stereocenters. The number of hydrogen-bond acceptors (Lipinski definition) is 5. The molecule has 0 unspecified atom stereocenters. The van der Waals surface area contributed by atoms with E-state index in [1.54, 1.807) is 0 Å². The van der Waals surface area contributed by atoms with Crippen molar-refractivity contribution in [3.63, 3.8) is 0 Å². The van der Waals surface area contributed by atoms with Gasteiger partial charge in [-0.05, 0) is 48.1 Å². The Hall–Kier alpha value is -2.80. The monoisotopic (exact) mass is 452 g/mol. The average Bonchev–Trinajstić information content (AvgIpc) is 3.17. The lowest BCUT2D eigenvalue weighted by Crippen LogP contribution is -2.16. The maximum atomic E-state index is 12.5. The predicted octanol–water partition coefficient (Wildman–Crippen LogP) is 5.37. The van der Waals surface area contributed by atoms with Gasteiger partial charge in [0.05, 0.1) is 5.75 Å². The zero-order valence-corrected chi connectivity index (χ0v) is 20.1. The number of rotatable bonds is 11. The molecule has 0 fully saturated rings. The van der Waals surface area contributed by atoms with Crippen LogP contribution in [0.1, 0.15) is 44.6 Å². The molecule has 0 spiro atoms. The second-order valence-electron chi connectivity index (χ2n) is 8.04. The van der Waals surface area contributed by atoms with Crippen LogP contribution in [0.2, 0.25) is 0 Å². The molecule has 0 saturated heterocycles. The number of thioether (sulfide) groups is 1. The Morgan fingerprint density at radius 1 is 1.06 bits per heavy atom. The normalized spacial score (nSPS) is 11.0. The number of amides is 1. The van der Waals surface area contributed by atoms with Gasteiger partial charge in [0, 0.05) is 12.2 Å². The molecule has 0 aliphatic rings. The molecule has 0 bridgehead atoms. The Kier molecular flexibility index (Phi) is 8.73. The van der Waals surface area contributed by atoms with E-state index in [9.17, 15) is 4.79 Å². The summed E-state index contributed by atoms with van der Waals surface area (Å²) in [5.41, 5.74) is 3.27. The second-order valence-corrected chi connectivity index (χ2v) is 8.98. The van der Waals surface area contributed by atoms with Gasteiger partial charge in [-0.1, -0.05) is 69.8 Å². The number of hydrogen-bond donors (Lipinski definition) is 1. The molecule has 170 valence electrons. The van der Waals surface area contributed by atoms with E-state index in [1.165, 1.54) is 17.3 Å². The SMILES string of the molecule is CCc1ccc(OCc2nnc(SCC(=O)Nc3ccccc3CC)n2CC(C)C)cc1.